The maximum Gasteiger partial charge on any atom is 0.209 e. The second kappa shape index (κ2) is 3.32. The highest BCUT2D eigenvalue weighted by Crippen LogP contribution is 2.43. The predicted molar refractivity (Wildman–Crippen MR) is 64.6 cm³/mol. The smallest absolute Gasteiger partial charge is 0.209 e. The maximum absolute atomic E-state index is 7.27. The third kappa shape index (κ3) is 1.62. The number of hydrogen-bond acceptors (Lipinski definition) is 2. The second-order valence-electron chi connectivity index (χ2n) is 4.51. The van der Waals surface area contributed by atoms with Crippen LogP contribution in [0.4, 0.5) is 5.69 Å². The summed E-state index contributed by atoms with van der Waals surface area (Å²) < 4.78 is 1.11. The first-order valence-electron chi connectivity index (χ1n) is 4.78. The van der Waals surface area contributed by atoms with Crippen molar-refractivity contribution in [1.29, 1.82) is 0 Å². The highest BCUT2D eigenvalue weighted by atomic mass is 32.1. The molecule has 2 rings (SSSR count). The van der Waals surface area contributed by atoms with E-state index in [0.717, 1.165) is 20.7 Å². The highest BCUT2D eigenvalue weighted by molar-refractivity contribution is 7.20. The van der Waals surface area contributed by atoms with E-state index in [2.05, 4.69) is 30.6 Å². The van der Waals surface area contributed by atoms with E-state index in [1.165, 1.54) is 0 Å². The van der Waals surface area contributed by atoms with Crippen molar-refractivity contribution in [3.05, 3.63) is 34.8 Å². The molecule has 0 fully saturated rings. The summed E-state index contributed by atoms with van der Waals surface area (Å²) in [5, 5.41) is 1.04. The van der Waals surface area contributed by atoms with Crippen molar-refractivity contribution in [3.63, 3.8) is 0 Å². The van der Waals surface area contributed by atoms with Crippen molar-refractivity contribution >= 4 is 27.1 Å². The van der Waals surface area contributed by atoms with Gasteiger partial charge in [-0.2, -0.15) is 11.3 Å². The normalized spacial score (nSPS) is 11.6. The molecule has 0 aliphatic rings. The van der Waals surface area contributed by atoms with Crippen LogP contribution in [0.5, 0.6) is 0 Å². The van der Waals surface area contributed by atoms with E-state index in [-0.39, 0.29) is 5.41 Å². The maximum atomic E-state index is 7.27. The van der Waals surface area contributed by atoms with E-state index in [1.807, 2.05) is 12.3 Å². The molecule has 0 saturated heterocycles. The van der Waals surface area contributed by atoms with Crippen molar-refractivity contribution in [2.75, 3.05) is 0 Å². The zero-order valence-corrected chi connectivity index (χ0v) is 9.85. The molecule has 0 aliphatic heterocycles. The molecule has 2 aromatic rings. The van der Waals surface area contributed by atoms with Gasteiger partial charge in [0.05, 0.1) is 6.57 Å². The molecule has 2 nitrogen and oxygen atoms in total. The summed E-state index contributed by atoms with van der Waals surface area (Å²) in [6.45, 7) is 13.7. The Hall–Kier alpha value is -1.40. The molecule has 0 bridgehead atoms. The van der Waals surface area contributed by atoms with E-state index >= 15 is 0 Å². The Morgan fingerprint density at radius 1 is 1.40 bits per heavy atom. The Kier molecular flexibility index (Phi) is 2.24. The van der Waals surface area contributed by atoms with Gasteiger partial charge in [-0.3, -0.25) is 4.98 Å². The number of fused-ring (bicyclic) bond motifs is 1. The summed E-state index contributed by atoms with van der Waals surface area (Å²) in [5.41, 5.74) is 0.828. The summed E-state index contributed by atoms with van der Waals surface area (Å²) in [7, 11) is 0. The van der Waals surface area contributed by atoms with Crippen molar-refractivity contribution < 1.29 is 0 Å². The molecule has 0 radical (unpaired) electrons. The predicted octanol–water partition coefficient (Wildman–Crippen LogP) is 4.14. The molecule has 0 N–H and O–H groups in total. The second-order valence-corrected chi connectivity index (χ2v) is 5.57. The third-order valence-corrected chi connectivity index (χ3v) is 3.81. The number of nitrogens with zero attached hydrogens (tertiary/aromatic N) is 2. The van der Waals surface area contributed by atoms with Crippen LogP contribution in [0.2, 0.25) is 0 Å². The van der Waals surface area contributed by atoms with Gasteiger partial charge in [-0.15, -0.1) is 0 Å². The minimum absolute atomic E-state index is 0.0313. The number of thiophene rings is 1. The Balaban J connectivity index is 2.83. The number of hydrogen-bond donors (Lipinski definition) is 0. The Bertz CT molecular complexity index is 541. The Labute approximate surface area is 93.4 Å². The molecule has 0 amide bonds. The van der Waals surface area contributed by atoms with Crippen LogP contribution < -0.4 is 0 Å². The van der Waals surface area contributed by atoms with Crippen LogP contribution in [0.3, 0.4) is 0 Å². The standard InChI is InChI=1S/C12H12N2S/c1-12(2,3)11-10(13-4)8-5-6-14-7-9(8)15-11/h5-7H,1-3H3. The zero-order valence-electron chi connectivity index (χ0n) is 9.03. The average Bonchev–Trinajstić information content (AvgIpc) is 2.55. The largest absolute Gasteiger partial charge is 0.263 e. The highest BCUT2D eigenvalue weighted by Gasteiger charge is 2.22. The summed E-state index contributed by atoms with van der Waals surface area (Å²) in [6.07, 6.45) is 3.58. The molecule has 0 spiro atoms. The lowest BCUT2D eigenvalue weighted by Crippen LogP contribution is -2.08. The quantitative estimate of drug-likeness (QED) is 0.605. The minimum Gasteiger partial charge on any atom is -0.263 e. The lowest BCUT2D eigenvalue weighted by atomic mass is 9.93. The molecule has 76 valence electrons. The molecule has 3 heteroatoms. The summed E-state index contributed by atoms with van der Waals surface area (Å²) >= 11 is 1.68. The first-order chi connectivity index (χ1) is 7.04. The molecule has 0 aliphatic carbocycles. The molecule has 2 heterocycles. The first kappa shape index (κ1) is 10.1. The van der Waals surface area contributed by atoms with Crippen LogP contribution in [-0.2, 0) is 5.41 Å². The van der Waals surface area contributed by atoms with Crippen molar-refractivity contribution in [3.8, 4) is 0 Å². The summed E-state index contributed by atoms with van der Waals surface area (Å²) in [5.74, 6) is 0. The Morgan fingerprint density at radius 3 is 2.73 bits per heavy atom. The topological polar surface area (TPSA) is 17.2 Å². The van der Waals surface area contributed by atoms with Crippen LogP contribution in [-0.4, -0.2) is 4.98 Å². The molecule has 2 aromatic heterocycles. The number of pyridine rings is 1. The van der Waals surface area contributed by atoms with E-state index in [0.29, 0.717) is 0 Å². The van der Waals surface area contributed by atoms with Gasteiger partial charge in [-0.1, -0.05) is 20.8 Å². The number of aromatic nitrogens is 1. The van der Waals surface area contributed by atoms with Gasteiger partial charge in [0.25, 0.3) is 0 Å². The van der Waals surface area contributed by atoms with E-state index < -0.39 is 0 Å². The summed E-state index contributed by atoms with van der Waals surface area (Å²) in [4.78, 5) is 8.90. The van der Waals surface area contributed by atoms with E-state index in [9.17, 15) is 0 Å². The SMILES string of the molecule is [C-]#[N+]c1c(C(C)(C)C)sc2cnccc12. The Morgan fingerprint density at radius 2 is 2.13 bits per heavy atom. The molecular formula is C12H12N2S. The lowest BCUT2D eigenvalue weighted by Gasteiger charge is -2.16. The van der Waals surface area contributed by atoms with E-state index in [4.69, 9.17) is 6.57 Å². The van der Waals surface area contributed by atoms with Gasteiger partial charge in [0.15, 0.2) is 0 Å². The fourth-order valence-corrected chi connectivity index (χ4v) is 2.72. The average molecular weight is 216 g/mol. The fourth-order valence-electron chi connectivity index (χ4n) is 1.56. The van der Waals surface area contributed by atoms with Crippen molar-refractivity contribution in [2.24, 2.45) is 0 Å². The minimum atomic E-state index is 0.0313. The first-order valence-corrected chi connectivity index (χ1v) is 5.60. The van der Waals surface area contributed by atoms with Crippen LogP contribution in [0.1, 0.15) is 25.6 Å². The van der Waals surface area contributed by atoms with Gasteiger partial charge >= 0.3 is 0 Å². The van der Waals surface area contributed by atoms with Gasteiger partial charge in [-0.25, -0.2) is 4.85 Å². The molecule has 15 heavy (non-hydrogen) atoms. The van der Waals surface area contributed by atoms with Crippen LogP contribution in [0, 0.1) is 6.57 Å². The van der Waals surface area contributed by atoms with Crippen molar-refractivity contribution in [1.82, 2.24) is 4.98 Å². The van der Waals surface area contributed by atoms with Crippen molar-refractivity contribution in [2.45, 2.75) is 26.2 Å². The van der Waals surface area contributed by atoms with E-state index in [1.54, 1.807) is 17.5 Å². The van der Waals surface area contributed by atoms with Gasteiger partial charge in [0.1, 0.15) is 0 Å². The van der Waals surface area contributed by atoms with Crippen LogP contribution >= 0.6 is 11.3 Å². The molecule has 0 unspecified atom stereocenters. The fraction of sp³-hybridized carbons (Fsp3) is 0.333. The van der Waals surface area contributed by atoms with Crippen LogP contribution in [0.25, 0.3) is 14.9 Å². The summed E-state index contributed by atoms with van der Waals surface area (Å²) in [6, 6.07) is 1.93. The third-order valence-electron chi connectivity index (χ3n) is 2.26. The lowest BCUT2D eigenvalue weighted by molar-refractivity contribution is 0.607. The molecule has 0 atom stereocenters. The van der Waals surface area contributed by atoms with Crippen LogP contribution in [0.15, 0.2) is 18.5 Å². The zero-order chi connectivity index (χ0) is 11.1. The number of rotatable bonds is 0. The van der Waals surface area contributed by atoms with Gasteiger partial charge in [-0.05, 0) is 11.5 Å². The van der Waals surface area contributed by atoms with Gasteiger partial charge in [0.2, 0.25) is 5.69 Å². The molecule has 0 aromatic carbocycles. The van der Waals surface area contributed by atoms with Gasteiger partial charge < -0.3 is 0 Å². The van der Waals surface area contributed by atoms with Gasteiger partial charge in [0, 0.05) is 27.4 Å². The monoisotopic (exact) mass is 216 g/mol. The molecule has 0 saturated carbocycles. The molecular weight excluding hydrogens is 204 g/mol.